The maximum atomic E-state index is 12.5. The summed E-state index contributed by atoms with van der Waals surface area (Å²) in [5.74, 6) is -0.800. The van der Waals surface area contributed by atoms with Crippen molar-refractivity contribution in [3.63, 3.8) is 0 Å². The smallest absolute Gasteiger partial charge is 0.312 e. The van der Waals surface area contributed by atoms with Gasteiger partial charge in [0.05, 0.1) is 12.5 Å². The van der Waals surface area contributed by atoms with Gasteiger partial charge < -0.3 is 14.6 Å². The van der Waals surface area contributed by atoms with Crippen LogP contribution >= 0.6 is 0 Å². The van der Waals surface area contributed by atoms with Crippen LogP contribution in [0.5, 0.6) is 0 Å². The maximum absolute atomic E-state index is 12.5. The molecular formula is C22H22N2O4. The predicted octanol–water partition coefficient (Wildman–Crippen LogP) is 3.50. The van der Waals surface area contributed by atoms with Gasteiger partial charge in [0.1, 0.15) is 5.69 Å². The Kier molecular flexibility index (Phi) is 5.10. The van der Waals surface area contributed by atoms with Crippen LogP contribution in [0.25, 0.3) is 11.0 Å². The van der Waals surface area contributed by atoms with Crippen molar-refractivity contribution in [3.05, 3.63) is 65.4 Å². The van der Waals surface area contributed by atoms with Crippen LogP contribution in [0.2, 0.25) is 0 Å². The number of nitrogens with one attached hydrogen (secondary N) is 1. The number of carbonyl (C=O) groups excluding carboxylic acids is 2. The minimum atomic E-state index is -0.875. The van der Waals surface area contributed by atoms with E-state index in [9.17, 15) is 9.59 Å². The van der Waals surface area contributed by atoms with Gasteiger partial charge in [0.25, 0.3) is 5.91 Å². The molecule has 1 N–H and O–H groups in total. The number of hydrogen-bond donors (Lipinski definition) is 1. The molecule has 0 saturated carbocycles. The SMILES string of the molecule is C[C@@H](OC(=O)Cc1noc2ccccc12)C(=O)N[C@H]1CCCc2ccccc21. The summed E-state index contributed by atoms with van der Waals surface area (Å²) in [6.45, 7) is 1.59. The lowest BCUT2D eigenvalue weighted by Crippen LogP contribution is -2.39. The van der Waals surface area contributed by atoms with Gasteiger partial charge >= 0.3 is 5.97 Å². The summed E-state index contributed by atoms with van der Waals surface area (Å²) in [6, 6.07) is 15.4. The lowest BCUT2D eigenvalue weighted by atomic mass is 9.87. The zero-order chi connectivity index (χ0) is 19.5. The lowest BCUT2D eigenvalue weighted by molar-refractivity contribution is -0.154. The second-order valence-corrected chi connectivity index (χ2v) is 7.09. The number of esters is 1. The Labute approximate surface area is 162 Å². The summed E-state index contributed by atoms with van der Waals surface area (Å²) in [4.78, 5) is 24.8. The quantitative estimate of drug-likeness (QED) is 0.687. The Morgan fingerprint density at radius 2 is 2.00 bits per heavy atom. The number of aryl methyl sites for hydroxylation is 1. The number of aromatic nitrogens is 1. The van der Waals surface area contributed by atoms with E-state index in [1.54, 1.807) is 13.0 Å². The van der Waals surface area contributed by atoms with Crippen molar-refractivity contribution < 1.29 is 18.8 Å². The fraction of sp³-hybridized carbons (Fsp3) is 0.318. The van der Waals surface area contributed by atoms with Gasteiger partial charge in [-0.3, -0.25) is 9.59 Å². The number of hydrogen-bond acceptors (Lipinski definition) is 5. The van der Waals surface area contributed by atoms with Crippen LogP contribution in [-0.4, -0.2) is 23.1 Å². The third kappa shape index (κ3) is 3.76. The molecule has 3 aromatic rings. The molecule has 0 radical (unpaired) electrons. The molecule has 2 atom stereocenters. The third-order valence-electron chi connectivity index (χ3n) is 5.13. The Hall–Kier alpha value is -3.15. The van der Waals surface area contributed by atoms with E-state index < -0.39 is 12.1 Å². The maximum Gasteiger partial charge on any atom is 0.312 e. The number of nitrogens with zero attached hydrogens (tertiary/aromatic N) is 1. The average Bonchev–Trinajstić information content (AvgIpc) is 3.11. The Balaban J connectivity index is 1.36. The molecule has 1 heterocycles. The van der Waals surface area contributed by atoms with E-state index in [4.69, 9.17) is 9.26 Å². The van der Waals surface area contributed by atoms with Gasteiger partial charge in [0.2, 0.25) is 0 Å². The van der Waals surface area contributed by atoms with Crippen molar-refractivity contribution in [2.75, 3.05) is 0 Å². The molecule has 1 amide bonds. The van der Waals surface area contributed by atoms with Crippen LogP contribution in [0.3, 0.4) is 0 Å². The van der Waals surface area contributed by atoms with Gasteiger partial charge in [0, 0.05) is 5.39 Å². The van der Waals surface area contributed by atoms with E-state index >= 15 is 0 Å². The summed E-state index contributed by atoms with van der Waals surface area (Å²) >= 11 is 0. The van der Waals surface area contributed by atoms with Crippen LogP contribution < -0.4 is 5.32 Å². The molecule has 144 valence electrons. The van der Waals surface area contributed by atoms with Crippen molar-refractivity contribution in [1.82, 2.24) is 10.5 Å². The third-order valence-corrected chi connectivity index (χ3v) is 5.13. The van der Waals surface area contributed by atoms with E-state index in [2.05, 4.69) is 16.5 Å². The molecular weight excluding hydrogens is 356 g/mol. The minimum Gasteiger partial charge on any atom is -0.452 e. The monoisotopic (exact) mass is 378 g/mol. The number of amides is 1. The van der Waals surface area contributed by atoms with Crippen molar-refractivity contribution in [3.8, 4) is 0 Å². The fourth-order valence-electron chi connectivity index (χ4n) is 3.69. The highest BCUT2D eigenvalue weighted by atomic mass is 16.5. The van der Waals surface area contributed by atoms with Crippen molar-refractivity contribution in [2.45, 2.75) is 44.8 Å². The van der Waals surface area contributed by atoms with Crippen LogP contribution in [0.4, 0.5) is 0 Å². The molecule has 4 rings (SSSR count). The Morgan fingerprint density at radius 3 is 2.89 bits per heavy atom. The second kappa shape index (κ2) is 7.84. The van der Waals surface area contributed by atoms with E-state index in [0.717, 1.165) is 30.2 Å². The average molecular weight is 378 g/mol. The molecule has 0 aliphatic heterocycles. The zero-order valence-electron chi connectivity index (χ0n) is 15.7. The van der Waals surface area contributed by atoms with Crippen LogP contribution in [-0.2, 0) is 27.2 Å². The first kappa shape index (κ1) is 18.2. The molecule has 1 aromatic heterocycles. The highest BCUT2D eigenvalue weighted by molar-refractivity contribution is 5.87. The molecule has 0 saturated heterocycles. The van der Waals surface area contributed by atoms with Crippen molar-refractivity contribution in [2.24, 2.45) is 0 Å². The summed E-state index contributed by atoms with van der Waals surface area (Å²) in [5, 5.41) is 7.72. The van der Waals surface area contributed by atoms with Crippen molar-refractivity contribution >= 4 is 22.8 Å². The predicted molar refractivity (Wildman–Crippen MR) is 104 cm³/mol. The van der Waals surface area contributed by atoms with Crippen LogP contribution in [0, 0.1) is 0 Å². The van der Waals surface area contributed by atoms with E-state index in [1.807, 2.05) is 36.4 Å². The molecule has 0 spiro atoms. The molecule has 6 heteroatoms. The van der Waals surface area contributed by atoms with E-state index in [-0.39, 0.29) is 18.4 Å². The number of fused-ring (bicyclic) bond motifs is 2. The van der Waals surface area contributed by atoms with Crippen LogP contribution in [0.15, 0.2) is 53.1 Å². The van der Waals surface area contributed by atoms with Gasteiger partial charge in [-0.1, -0.05) is 41.6 Å². The zero-order valence-corrected chi connectivity index (χ0v) is 15.7. The first-order valence-corrected chi connectivity index (χ1v) is 9.53. The second-order valence-electron chi connectivity index (χ2n) is 7.09. The lowest BCUT2D eigenvalue weighted by Gasteiger charge is -2.27. The number of para-hydroxylation sites is 1. The van der Waals surface area contributed by atoms with Crippen LogP contribution in [0.1, 0.15) is 42.6 Å². The number of rotatable bonds is 5. The molecule has 28 heavy (non-hydrogen) atoms. The largest absolute Gasteiger partial charge is 0.452 e. The molecule has 1 aliphatic carbocycles. The van der Waals surface area contributed by atoms with E-state index in [1.165, 1.54) is 5.56 Å². The van der Waals surface area contributed by atoms with E-state index in [0.29, 0.717) is 11.3 Å². The summed E-state index contributed by atoms with van der Waals surface area (Å²) in [6.07, 6.45) is 2.02. The van der Waals surface area contributed by atoms with Gasteiger partial charge in [0.15, 0.2) is 11.7 Å². The Bertz CT molecular complexity index is 1010. The summed E-state index contributed by atoms with van der Waals surface area (Å²) in [7, 11) is 0. The first-order chi connectivity index (χ1) is 13.6. The summed E-state index contributed by atoms with van der Waals surface area (Å²) < 4.78 is 10.5. The molecule has 0 fully saturated rings. The van der Waals surface area contributed by atoms with Gasteiger partial charge in [-0.25, -0.2) is 0 Å². The first-order valence-electron chi connectivity index (χ1n) is 9.53. The topological polar surface area (TPSA) is 81.4 Å². The highest BCUT2D eigenvalue weighted by Crippen LogP contribution is 2.29. The molecule has 0 bridgehead atoms. The number of carbonyl (C=O) groups is 2. The molecule has 2 aromatic carbocycles. The number of ether oxygens (including phenoxy) is 1. The van der Waals surface area contributed by atoms with Crippen molar-refractivity contribution in [1.29, 1.82) is 0 Å². The normalized spacial score (nSPS) is 17.0. The number of benzene rings is 2. The minimum absolute atomic E-state index is 0.0408. The fourth-order valence-corrected chi connectivity index (χ4v) is 3.69. The van der Waals surface area contributed by atoms with Gasteiger partial charge in [-0.05, 0) is 49.4 Å². The standard InChI is InChI=1S/C22H22N2O4/c1-14(22(26)23-18-11-6-8-15-7-2-3-9-16(15)18)27-21(25)13-19-17-10-4-5-12-20(17)28-24-19/h2-5,7,9-10,12,14,18H,6,8,11,13H2,1H3,(H,23,26)/t14-,18+/m1/s1. The van der Waals surface area contributed by atoms with Gasteiger partial charge in [-0.15, -0.1) is 0 Å². The molecule has 6 nitrogen and oxygen atoms in total. The molecule has 1 aliphatic rings. The Morgan fingerprint density at radius 1 is 1.21 bits per heavy atom. The van der Waals surface area contributed by atoms with Gasteiger partial charge in [-0.2, -0.15) is 0 Å². The highest BCUT2D eigenvalue weighted by Gasteiger charge is 2.25. The summed E-state index contributed by atoms with van der Waals surface area (Å²) in [5.41, 5.74) is 3.54. The molecule has 0 unspecified atom stereocenters.